The Balaban J connectivity index is 2.11. The van der Waals surface area contributed by atoms with Gasteiger partial charge in [-0.15, -0.1) is 16.4 Å². The van der Waals surface area contributed by atoms with Crippen molar-refractivity contribution in [3.8, 4) is 0 Å². The monoisotopic (exact) mass is 312 g/mol. The molecule has 0 unspecified atom stereocenters. The lowest BCUT2D eigenvalue weighted by molar-refractivity contribution is 0.0742. The van der Waals surface area contributed by atoms with Crippen LogP contribution < -0.4 is 0 Å². The average Bonchev–Trinajstić information content (AvgIpc) is 3.04. The molecule has 108 valence electrons. The molecule has 0 aliphatic carbocycles. The second kappa shape index (κ2) is 6.37. The number of thiophene rings is 1. The molecule has 0 aliphatic rings. The molecule has 1 amide bonds. The molecule has 0 aromatic carbocycles. The fraction of sp³-hybridized carbons (Fsp3) is 0.462. The van der Waals surface area contributed by atoms with Gasteiger partial charge in [0.25, 0.3) is 5.91 Å². The van der Waals surface area contributed by atoms with Gasteiger partial charge < -0.3 is 4.90 Å². The minimum absolute atomic E-state index is 0.167. The van der Waals surface area contributed by atoms with Gasteiger partial charge in [0, 0.05) is 17.3 Å². The van der Waals surface area contributed by atoms with Crippen LogP contribution in [0.1, 0.15) is 48.0 Å². The zero-order valence-corrected chi connectivity index (χ0v) is 13.3. The summed E-state index contributed by atoms with van der Waals surface area (Å²) in [5.74, 6) is 0.997. The fourth-order valence-corrected chi connectivity index (χ4v) is 2.82. The molecule has 20 heavy (non-hydrogen) atoms. The van der Waals surface area contributed by atoms with E-state index in [-0.39, 0.29) is 17.6 Å². The van der Waals surface area contributed by atoms with E-state index in [9.17, 15) is 4.79 Å². The number of aromatic nitrogens is 3. The van der Waals surface area contributed by atoms with Gasteiger partial charge in [0.1, 0.15) is 5.82 Å². The van der Waals surface area contributed by atoms with Gasteiger partial charge >= 0.3 is 0 Å². The molecular weight excluding hydrogens is 296 g/mol. The highest BCUT2D eigenvalue weighted by atomic mass is 35.5. The van der Waals surface area contributed by atoms with Crippen molar-refractivity contribution in [3.05, 3.63) is 33.0 Å². The smallest absolute Gasteiger partial charge is 0.293 e. The molecule has 5 nitrogen and oxygen atoms in total. The summed E-state index contributed by atoms with van der Waals surface area (Å²) >= 11 is 7.38. The number of halogens is 1. The summed E-state index contributed by atoms with van der Waals surface area (Å²) in [5.41, 5.74) is 0. The first-order valence-electron chi connectivity index (χ1n) is 6.47. The number of H-pyrrole nitrogens is 1. The third kappa shape index (κ3) is 3.37. The Labute approximate surface area is 127 Å². The number of nitrogens with zero attached hydrogens (tertiary/aromatic N) is 3. The minimum Gasteiger partial charge on any atom is -0.331 e. The van der Waals surface area contributed by atoms with E-state index in [0.717, 1.165) is 15.0 Å². The standard InChI is InChI=1S/C13H17ClN4OS/c1-4-18(7-9-5-6-10(14)20-9)13(19)12-15-11(8(2)3)16-17-12/h5-6,8H,4,7H2,1-3H3,(H,15,16,17). The average molecular weight is 313 g/mol. The predicted octanol–water partition coefficient (Wildman–Crippen LogP) is 3.31. The van der Waals surface area contributed by atoms with E-state index in [4.69, 9.17) is 11.6 Å². The van der Waals surface area contributed by atoms with Gasteiger partial charge in [-0.25, -0.2) is 4.98 Å². The van der Waals surface area contributed by atoms with Crippen LogP contribution in [-0.4, -0.2) is 32.5 Å². The van der Waals surface area contributed by atoms with Gasteiger partial charge in [-0.2, -0.15) is 0 Å². The van der Waals surface area contributed by atoms with Crippen LogP contribution in [0.5, 0.6) is 0 Å². The van der Waals surface area contributed by atoms with Gasteiger partial charge in [0.05, 0.1) is 10.9 Å². The van der Waals surface area contributed by atoms with Crippen LogP contribution >= 0.6 is 22.9 Å². The summed E-state index contributed by atoms with van der Waals surface area (Å²) in [6.07, 6.45) is 0. The lowest BCUT2D eigenvalue weighted by Gasteiger charge is -2.18. The number of hydrogen-bond acceptors (Lipinski definition) is 4. The maximum absolute atomic E-state index is 12.4. The summed E-state index contributed by atoms with van der Waals surface area (Å²) in [6.45, 7) is 7.06. The lowest BCUT2D eigenvalue weighted by Crippen LogP contribution is -2.30. The normalized spacial score (nSPS) is 11.1. The highest BCUT2D eigenvalue weighted by Gasteiger charge is 2.20. The lowest BCUT2D eigenvalue weighted by atomic mass is 10.2. The van der Waals surface area contributed by atoms with E-state index in [1.165, 1.54) is 11.3 Å². The largest absolute Gasteiger partial charge is 0.331 e. The topological polar surface area (TPSA) is 61.9 Å². The van der Waals surface area contributed by atoms with Crippen LogP contribution in [0.25, 0.3) is 0 Å². The predicted molar refractivity (Wildman–Crippen MR) is 80.2 cm³/mol. The van der Waals surface area contributed by atoms with E-state index in [0.29, 0.717) is 13.1 Å². The van der Waals surface area contributed by atoms with E-state index in [1.807, 2.05) is 32.9 Å². The number of hydrogen-bond donors (Lipinski definition) is 1. The van der Waals surface area contributed by atoms with Gasteiger partial charge in [-0.1, -0.05) is 25.4 Å². The van der Waals surface area contributed by atoms with E-state index in [1.54, 1.807) is 4.90 Å². The van der Waals surface area contributed by atoms with Crippen molar-refractivity contribution in [1.82, 2.24) is 20.1 Å². The molecule has 2 aromatic heterocycles. The van der Waals surface area contributed by atoms with E-state index < -0.39 is 0 Å². The van der Waals surface area contributed by atoms with Crippen LogP contribution in [0.4, 0.5) is 0 Å². The van der Waals surface area contributed by atoms with Crippen LogP contribution in [0.3, 0.4) is 0 Å². The molecule has 0 atom stereocenters. The molecule has 2 aromatic rings. The molecule has 0 saturated heterocycles. The van der Waals surface area contributed by atoms with Gasteiger partial charge in [0.2, 0.25) is 5.82 Å². The van der Waals surface area contributed by atoms with Crippen molar-refractivity contribution < 1.29 is 4.79 Å². The Morgan fingerprint density at radius 1 is 1.50 bits per heavy atom. The van der Waals surface area contributed by atoms with Crippen LogP contribution in [0.15, 0.2) is 12.1 Å². The Kier molecular flexibility index (Phi) is 4.77. The quantitative estimate of drug-likeness (QED) is 0.921. The molecular formula is C13H17ClN4OS. The maximum Gasteiger partial charge on any atom is 0.293 e. The number of carbonyl (C=O) groups is 1. The number of aromatic amines is 1. The highest BCUT2D eigenvalue weighted by Crippen LogP contribution is 2.23. The highest BCUT2D eigenvalue weighted by molar-refractivity contribution is 7.16. The van der Waals surface area contributed by atoms with Crippen molar-refractivity contribution in [3.63, 3.8) is 0 Å². The van der Waals surface area contributed by atoms with Crippen molar-refractivity contribution in [1.29, 1.82) is 0 Å². The maximum atomic E-state index is 12.4. The SMILES string of the molecule is CCN(Cc1ccc(Cl)s1)C(=O)c1n[nH]c(C(C)C)n1. The number of nitrogens with one attached hydrogen (secondary N) is 1. The second-order valence-electron chi connectivity index (χ2n) is 4.72. The molecule has 0 bridgehead atoms. The molecule has 0 radical (unpaired) electrons. The molecule has 2 heterocycles. The molecule has 0 spiro atoms. The van der Waals surface area contributed by atoms with Crippen LogP contribution in [0.2, 0.25) is 4.34 Å². The summed E-state index contributed by atoms with van der Waals surface area (Å²) < 4.78 is 0.725. The molecule has 0 aliphatic heterocycles. The Hall–Kier alpha value is -1.40. The molecule has 0 fully saturated rings. The van der Waals surface area contributed by atoms with Gasteiger partial charge in [-0.3, -0.25) is 9.89 Å². The van der Waals surface area contributed by atoms with Crippen LogP contribution in [-0.2, 0) is 6.54 Å². The zero-order chi connectivity index (χ0) is 14.7. The Bertz CT molecular complexity index is 593. The van der Waals surface area contributed by atoms with E-state index in [2.05, 4.69) is 15.2 Å². The van der Waals surface area contributed by atoms with Crippen molar-refractivity contribution in [2.24, 2.45) is 0 Å². The zero-order valence-electron chi connectivity index (χ0n) is 11.7. The summed E-state index contributed by atoms with van der Waals surface area (Å²) in [4.78, 5) is 19.4. The molecule has 2 rings (SSSR count). The van der Waals surface area contributed by atoms with Crippen molar-refractivity contribution >= 4 is 28.8 Å². The van der Waals surface area contributed by atoms with Crippen LogP contribution in [0, 0.1) is 0 Å². The summed E-state index contributed by atoms with van der Waals surface area (Å²) in [5, 5.41) is 6.81. The van der Waals surface area contributed by atoms with E-state index >= 15 is 0 Å². The molecule has 7 heteroatoms. The third-order valence-corrected chi connectivity index (χ3v) is 4.10. The summed E-state index contributed by atoms with van der Waals surface area (Å²) in [6, 6.07) is 3.77. The first-order chi connectivity index (χ1) is 9.51. The second-order valence-corrected chi connectivity index (χ2v) is 6.52. The van der Waals surface area contributed by atoms with Gasteiger partial charge in [0.15, 0.2) is 0 Å². The summed E-state index contributed by atoms with van der Waals surface area (Å²) in [7, 11) is 0. The number of carbonyl (C=O) groups excluding carboxylic acids is 1. The number of rotatable bonds is 5. The minimum atomic E-state index is -0.167. The Morgan fingerprint density at radius 3 is 2.75 bits per heavy atom. The number of amides is 1. The molecule has 1 N–H and O–H groups in total. The first-order valence-corrected chi connectivity index (χ1v) is 7.66. The van der Waals surface area contributed by atoms with Crippen molar-refractivity contribution in [2.45, 2.75) is 33.2 Å². The van der Waals surface area contributed by atoms with Crippen molar-refractivity contribution in [2.75, 3.05) is 6.54 Å². The molecule has 0 saturated carbocycles. The first kappa shape index (κ1) is 15.0. The third-order valence-electron chi connectivity index (χ3n) is 2.89. The van der Waals surface area contributed by atoms with Gasteiger partial charge in [-0.05, 0) is 19.1 Å². The Morgan fingerprint density at radius 2 is 2.25 bits per heavy atom. The fourth-order valence-electron chi connectivity index (χ4n) is 1.72.